The van der Waals surface area contributed by atoms with Crippen molar-refractivity contribution in [2.75, 3.05) is 5.73 Å². The van der Waals surface area contributed by atoms with E-state index in [-0.39, 0.29) is 11.5 Å². The first kappa shape index (κ1) is 14.8. The van der Waals surface area contributed by atoms with E-state index in [0.29, 0.717) is 5.56 Å². The highest BCUT2D eigenvalue weighted by molar-refractivity contribution is 5.96. The van der Waals surface area contributed by atoms with Crippen molar-refractivity contribution in [1.82, 2.24) is 15.6 Å². The molecule has 0 aliphatic carbocycles. The number of hydrogen-bond acceptors (Lipinski definition) is 5. The molecule has 0 saturated carbocycles. The quantitative estimate of drug-likeness (QED) is 0.906. The van der Waals surface area contributed by atoms with Crippen molar-refractivity contribution in [3.63, 3.8) is 0 Å². The van der Waals surface area contributed by atoms with Gasteiger partial charge >= 0.3 is 6.18 Å². The molecule has 1 unspecified atom stereocenters. The number of aromatic nitrogens is 2. The first-order chi connectivity index (χ1) is 9.79. The smallest absolute Gasteiger partial charge is 0.379 e. The maximum Gasteiger partial charge on any atom is 0.416 e. The standard InChI is InChI=1S/C12H11F3N4O2/c1-6(17-11(20)9-10(16)19-21-18-9)7-3-2-4-8(5-7)12(13,14)15/h2-6H,1H3,(H2,16,19)(H,17,20). The third-order valence-electron chi connectivity index (χ3n) is 2.79. The van der Waals surface area contributed by atoms with Crippen molar-refractivity contribution >= 4 is 11.7 Å². The number of carbonyl (C=O) groups is 1. The fourth-order valence-electron chi connectivity index (χ4n) is 1.69. The monoisotopic (exact) mass is 300 g/mol. The van der Waals surface area contributed by atoms with Crippen molar-refractivity contribution in [2.24, 2.45) is 0 Å². The van der Waals surface area contributed by atoms with Crippen LogP contribution >= 0.6 is 0 Å². The number of alkyl halides is 3. The second-order valence-corrected chi connectivity index (χ2v) is 4.32. The highest BCUT2D eigenvalue weighted by atomic mass is 19.4. The van der Waals surface area contributed by atoms with Crippen LogP contribution in [0.4, 0.5) is 19.0 Å². The maximum atomic E-state index is 12.6. The molecule has 1 aromatic heterocycles. The lowest BCUT2D eigenvalue weighted by Gasteiger charge is -2.15. The van der Waals surface area contributed by atoms with Gasteiger partial charge < -0.3 is 11.1 Å². The Labute approximate surface area is 117 Å². The summed E-state index contributed by atoms with van der Waals surface area (Å²) in [7, 11) is 0. The zero-order chi connectivity index (χ0) is 15.6. The summed E-state index contributed by atoms with van der Waals surface area (Å²) in [5.41, 5.74) is 4.66. The van der Waals surface area contributed by atoms with E-state index in [4.69, 9.17) is 5.73 Å². The van der Waals surface area contributed by atoms with Crippen LogP contribution in [0.2, 0.25) is 0 Å². The van der Waals surface area contributed by atoms with E-state index in [9.17, 15) is 18.0 Å². The number of amides is 1. The molecule has 1 aromatic carbocycles. The van der Waals surface area contributed by atoms with Crippen LogP contribution in [-0.2, 0) is 6.18 Å². The third kappa shape index (κ3) is 3.30. The Morgan fingerprint density at radius 2 is 2.10 bits per heavy atom. The average Bonchev–Trinajstić information content (AvgIpc) is 2.84. The van der Waals surface area contributed by atoms with Gasteiger partial charge in [-0.05, 0) is 34.9 Å². The lowest BCUT2D eigenvalue weighted by molar-refractivity contribution is -0.137. The molecular formula is C12H11F3N4O2. The van der Waals surface area contributed by atoms with Crippen LogP contribution in [0, 0.1) is 0 Å². The van der Waals surface area contributed by atoms with Crippen LogP contribution in [0.5, 0.6) is 0 Å². The molecule has 0 bridgehead atoms. The Bertz CT molecular complexity index is 654. The summed E-state index contributed by atoms with van der Waals surface area (Å²) in [5, 5.41) is 9.03. The minimum absolute atomic E-state index is 0.191. The SMILES string of the molecule is CC(NC(=O)c1nonc1N)c1cccc(C(F)(F)F)c1. The summed E-state index contributed by atoms with van der Waals surface area (Å²) in [6.45, 7) is 1.54. The van der Waals surface area contributed by atoms with Crippen LogP contribution < -0.4 is 11.1 Å². The molecule has 2 aromatic rings. The van der Waals surface area contributed by atoms with Gasteiger partial charge in [-0.3, -0.25) is 4.79 Å². The van der Waals surface area contributed by atoms with Crippen LogP contribution in [0.15, 0.2) is 28.9 Å². The van der Waals surface area contributed by atoms with Gasteiger partial charge in [-0.1, -0.05) is 12.1 Å². The summed E-state index contributed by atoms with van der Waals surface area (Å²) < 4.78 is 42.2. The zero-order valence-corrected chi connectivity index (χ0v) is 10.8. The Balaban J connectivity index is 2.16. The second kappa shape index (κ2) is 5.43. The molecular weight excluding hydrogens is 289 g/mol. The van der Waals surface area contributed by atoms with E-state index in [1.54, 1.807) is 0 Å². The molecule has 3 N–H and O–H groups in total. The normalized spacial score (nSPS) is 13.0. The van der Waals surface area contributed by atoms with Crippen molar-refractivity contribution in [1.29, 1.82) is 0 Å². The largest absolute Gasteiger partial charge is 0.416 e. The Morgan fingerprint density at radius 3 is 2.67 bits per heavy atom. The minimum atomic E-state index is -4.44. The molecule has 9 heteroatoms. The minimum Gasteiger partial charge on any atom is -0.379 e. The van der Waals surface area contributed by atoms with Crippen molar-refractivity contribution < 1.29 is 22.6 Å². The van der Waals surface area contributed by atoms with Gasteiger partial charge in [0.2, 0.25) is 11.5 Å². The Morgan fingerprint density at radius 1 is 1.38 bits per heavy atom. The molecule has 0 fully saturated rings. The molecule has 0 spiro atoms. The molecule has 0 aliphatic heterocycles. The van der Waals surface area contributed by atoms with E-state index in [1.807, 2.05) is 0 Å². The van der Waals surface area contributed by atoms with E-state index in [0.717, 1.165) is 12.1 Å². The molecule has 0 saturated heterocycles. The highest BCUT2D eigenvalue weighted by Gasteiger charge is 2.31. The molecule has 1 heterocycles. The first-order valence-corrected chi connectivity index (χ1v) is 5.85. The summed E-state index contributed by atoms with van der Waals surface area (Å²) >= 11 is 0. The van der Waals surface area contributed by atoms with Crippen LogP contribution in [0.3, 0.4) is 0 Å². The lowest BCUT2D eigenvalue weighted by Crippen LogP contribution is -2.27. The molecule has 1 atom stereocenters. The van der Waals surface area contributed by atoms with Gasteiger partial charge in [0.1, 0.15) is 0 Å². The highest BCUT2D eigenvalue weighted by Crippen LogP contribution is 2.30. The number of rotatable bonds is 3. The van der Waals surface area contributed by atoms with Crippen molar-refractivity contribution in [3.05, 3.63) is 41.1 Å². The van der Waals surface area contributed by atoms with Gasteiger partial charge in [-0.25, -0.2) is 4.63 Å². The molecule has 1 amide bonds. The molecule has 112 valence electrons. The fourth-order valence-corrected chi connectivity index (χ4v) is 1.69. The van der Waals surface area contributed by atoms with Gasteiger partial charge in [0, 0.05) is 0 Å². The van der Waals surface area contributed by atoms with E-state index < -0.39 is 23.7 Å². The molecule has 6 nitrogen and oxygen atoms in total. The number of benzene rings is 1. The number of anilines is 1. The average molecular weight is 300 g/mol. The van der Waals surface area contributed by atoms with Crippen molar-refractivity contribution in [2.45, 2.75) is 19.1 Å². The topological polar surface area (TPSA) is 94.0 Å². The summed E-state index contributed by atoms with van der Waals surface area (Å²) in [5.74, 6) is -0.873. The number of halogens is 3. The predicted molar refractivity (Wildman–Crippen MR) is 66.0 cm³/mol. The second-order valence-electron chi connectivity index (χ2n) is 4.32. The molecule has 0 aliphatic rings. The van der Waals surface area contributed by atoms with Gasteiger partial charge in [-0.15, -0.1) is 0 Å². The van der Waals surface area contributed by atoms with Crippen LogP contribution in [0.1, 0.15) is 34.6 Å². The summed E-state index contributed by atoms with van der Waals surface area (Å²) in [4.78, 5) is 11.8. The van der Waals surface area contributed by atoms with Crippen LogP contribution in [-0.4, -0.2) is 16.2 Å². The number of nitrogen functional groups attached to an aromatic ring is 1. The van der Waals surface area contributed by atoms with Gasteiger partial charge in [0.25, 0.3) is 5.91 Å². The Kier molecular flexibility index (Phi) is 3.83. The van der Waals surface area contributed by atoms with Crippen LogP contribution in [0.25, 0.3) is 0 Å². The van der Waals surface area contributed by atoms with Gasteiger partial charge in [0.15, 0.2) is 0 Å². The summed E-state index contributed by atoms with van der Waals surface area (Å²) in [6.07, 6.45) is -4.44. The third-order valence-corrected chi connectivity index (χ3v) is 2.79. The number of nitrogens with one attached hydrogen (secondary N) is 1. The van der Waals surface area contributed by atoms with Gasteiger partial charge in [0.05, 0.1) is 11.6 Å². The number of nitrogens with zero attached hydrogens (tertiary/aromatic N) is 2. The maximum absolute atomic E-state index is 12.6. The number of hydrogen-bond donors (Lipinski definition) is 2. The fraction of sp³-hybridized carbons (Fsp3) is 0.250. The van der Waals surface area contributed by atoms with E-state index in [2.05, 4.69) is 20.3 Å². The summed E-state index contributed by atoms with van der Waals surface area (Å²) in [6, 6.07) is 4.00. The number of nitrogens with two attached hydrogens (primary N) is 1. The predicted octanol–water partition coefficient (Wildman–Crippen LogP) is 2.16. The Hall–Kier alpha value is -2.58. The number of carbonyl (C=O) groups excluding carboxylic acids is 1. The molecule has 2 rings (SSSR count). The first-order valence-electron chi connectivity index (χ1n) is 5.85. The van der Waals surface area contributed by atoms with Gasteiger partial charge in [-0.2, -0.15) is 13.2 Å². The molecule has 0 radical (unpaired) electrons. The van der Waals surface area contributed by atoms with E-state index >= 15 is 0 Å². The zero-order valence-electron chi connectivity index (χ0n) is 10.8. The molecule has 21 heavy (non-hydrogen) atoms. The van der Waals surface area contributed by atoms with E-state index in [1.165, 1.54) is 19.1 Å². The van der Waals surface area contributed by atoms with Crippen molar-refractivity contribution in [3.8, 4) is 0 Å². The lowest BCUT2D eigenvalue weighted by atomic mass is 10.0.